The zero-order chi connectivity index (χ0) is 13.7. The fourth-order valence-electron chi connectivity index (χ4n) is 2.29. The molecule has 3 nitrogen and oxygen atoms in total. The molecule has 19 heavy (non-hydrogen) atoms. The van der Waals surface area contributed by atoms with E-state index in [4.69, 9.17) is 0 Å². The number of nitrogens with one attached hydrogen (secondary N) is 2. The molecule has 1 amide bonds. The van der Waals surface area contributed by atoms with Gasteiger partial charge in [0, 0.05) is 12.6 Å². The first-order valence-electron chi connectivity index (χ1n) is 7.22. The maximum atomic E-state index is 11.6. The molecule has 1 aliphatic carbocycles. The van der Waals surface area contributed by atoms with Gasteiger partial charge in [0.2, 0.25) is 5.91 Å². The average molecular weight is 260 g/mol. The van der Waals surface area contributed by atoms with Crippen LogP contribution in [0.15, 0.2) is 30.3 Å². The minimum absolute atomic E-state index is 0.123. The smallest absolute Gasteiger partial charge is 0.234 e. The molecule has 1 aromatic rings. The van der Waals surface area contributed by atoms with Gasteiger partial charge >= 0.3 is 0 Å². The van der Waals surface area contributed by atoms with Gasteiger partial charge < -0.3 is 10.6 Å². The molecule has 1 aromatic carbocycles. The van der Waals surface area contributed by atoms with Gasteiger partial charge in [-0.3, -0.25) is 4.79 Å². The van der Waals surface area contributed by atoms with Gasteiger partial charge in [-0.15, -0.1) is 0 Å². The minimum atomic E-state index is 0.123. The molecule has 0 aromatic heterocycles. The lowest BCUT2D eigenvalue weighted by atomic mass is 9.88. The summed E-state index contributed by atoms with van der Waals surface area (Å²) in [5.41, 5.74) is 1.34. The van der Waals surface area contributed by atoms with Crippen LogP contribution in [0.25, 0.3) is 0 Å². The van der Waals surface area contributed by atoms with Crippen molar-refractivity contribution in [1.29, 1.82) is 0 Å². The third-order valence-corrected chi connectivity index (χ3v) is 3.62. The normalized spacial score (nSPS) is 16.4. The Morgan fingerprint density at radius 1 is 1.26 bits per heavy atom. The van der Waals surface area contributed by atoms with Gasteiger partial charge in [0.05, 0.1) is 6.54 Å². The molecule has 0 saturated heterocycles. The third-order valence-electron chi connectivity index (χ3n) is 3.62. The molecular weight excluding hydrogens is 236 g/mol. The molecule has 0 aliphatic heterocycles. The second-order valence-corrected chi connectivity index (χ2v) is 5.73. The first kappa shape index (κ1) is 14.1. The van der Waals surface area contributed by atoms with E-state index in [-0.39, 0.29) is 5.91 Å². The number of rotatable bonds is 7. The summed E-state index contributed by atoms with van der Waals surface area (Å²) in [7, 11) is 0. The lowest BCUT2D eigenvalue weighted by molar-refractivity contribution is -0.120. The Bertz CT molecular complexity index is 398. The van der Waals surface area contributed by atoms with Crippen LogP contribution in [0.5, 0.6) is 0 Å². The first-order valence-corrected chi connectivity index (χ1v) is 7.22. The fourth-order valence-corrected chi connectivity index (χ4v) is 2.29. The Labute approximate surface area is 115 Å². The lowest BCUT2D eigenvalue weighted by Crippen LogP contribution is -2.37. The highest BCUT2D eigenvalue weighted by atomic mass is 16.2. The van der Waals surface area contributed by atoms with Gasteiger partial charge in [-0.1, -0.05) is 44.2 Å². The van der Waals surface area contributed by atoms with Crippen LogP contribution in [0.4, 0.5) is 0 Å². The van der Waals surface area contributed by atoms with Gasteiger partial charge in [-0.2, -0.15) is 0 Å². The molecule has 2 rings (SSSR count). The van der Waals surface area contributed by atoms with E-state index in [2.05, 4.69) is 48.7 Å². The number of carbonyl (C=O) groups is 1. The van der Waals surface area contributed by atoms with Crippen molar-refractivity contribution < 1.29 is 4.79 Å². The molecule has 1 aliphatic rings. The summed E-state index contributed by atoms with van der Waals surface area (Å²) >= 11 is 0. The predicted molar refractivity (Wildman–Crippen MR) is 78.1 cm³/mol. The van der Waals surface area contributed by atoms with Crippen LogP contribution in [-0.4, -0.2) is 25.0 Å². The summed E-state index contributed by atoms with van der Waals surface area (Å²) in [4.78, 5) is 11.6. The molecule has 1 atom stereocenters. The Kier molecular flexibility index (Phi) is 4.97. The van der Waals surface area contributed by atoms with Crippen LogP contribution < -0.4 is 10.6 Å². The van der Waals surface area contributed by atoms with Crippen molar-refractivity contribution >= 4 is 5.91 Å². The Morgan fingerprint density at radius 3 is 2.53 bits per heavy atom. The highest BCUT2D eigenvalue weighted by molar-refractivity contribution is 5.78. The van der Waals surface area contributed by atoms with Gasteiger partial charge in [-0.05, 0) is 30.2 Å². The van der Waals surface area contributed by atoms with Gasteiger partial charge in [-0.25, -0.2) is 0 Å². The second kappa shape index (κ2) is 6.71. The molecule has 0 bridgehead atoms. The summed E-state index contributed by atoms with van der Waals surface area (Å²) < 4.78 is 0. The van der Waals surface area contributed by atoms with E-state index in [1.807, 2.05) is 6.07 Å². The summed E-state index contributed by atoms with van der Waals surface area (Å²) in [5, 5.41) is 6.28. The first-order chi connectivity index (χ1) is 9.16. The molecule has 1 fully saturated rings. The minimum Gasteiger partial charge on any atom is -0.352 e. The number of hydrogen-bond donors (Lipinski definition) is 2. The highest BCUT2D eigenvalue weighted by Crippen LogP contribution is 2.23. The molecule has 0 radical (unpaired) electrons. The van der Waals surface area contributed by atoms with Crippen LogP contribution in [0, 0.1) is 5.92 Å². The van der Waals surface area contributed by atoms with Gasteiger partial charge in [0.25, 0.3) is 0 Å². The largest absolute Gasteiger partial charge is 0.352 e. The fraction of sp³-hybridized carbons (Fsp3) is 0.562. The van der Waals surface area contributed by atoms with Gasteiger partial charge in [0.1, 0.15) is 0 Å². The maximum absolute atomic E-state index is 11.6. The number of hydrogen-bond acceptors (Lipinski definition) is 2. The zero-order valence-corrected chi connectivity index (χ0v) is 11.9. The SMILES string of the molecule is CC(C)C(CNCC(=O)NC1CC1)c1ccccc1. The molecule has 104 valence electrons. The number of amides is 1. The summed E-state index contributed by atoms with van der Waals surface area (Å²) in [5.74, 6) is 1.13. The Balaban J connectivity index is 1.78. The summed E-state index contributed by atoms with van der Waals surface area (Å²) in [6.45, 7) is 5.72. The van der Waals surface area contributed by atoms with Crippen LogP contribution >= 0.6 is 0 Å². The second-order valence-electron chi connectivity index (χ2n) is 5.73. The Morgan fingerprint density at radius 2 is 1.95 bits per heavy atom. The van der Waals surface area contributed by atoms with Crippen LogP contribution in [0.3, 0.4) is 0 Å². The quantitative estimate of drug-likeness (QED) is 0.790. The molecule has 3 heteroatoms. The Hall–Kier alpha value is -1.35. The monoisotopic (exact) mass is 260 g/mol. The van der Waals surface area contributed by atoms with Gasteiger partial charge in [0.15, 0.2) is 0 Å². The van der Waals surface area contributed by atoms with Crippen molar-refractivity contribution in [3.8, 4) is 0 Å². The van der Waals surface area contributed by atoms with Crippen molar-refractivity contribution in [2.75, 3.05) is 13.1 Å². The summed E-state index contributed by atoms with van der Waals surface area (Å²) in [6.07, 6.45) is 2.29. The number of benzene rings is 1. The topological polar surface area (TPSA) is 41.1 Å². The molecule has 1 saturated carbocycles. The van der Waals surface area contributed by atoms with Crippen molar-refractivity contribution in [2.45, 2.75) is 38.6 Å². The van der Waals surface area contributed by atoms with Crippen molar-refractivity contribution in [2.24, 2.45) is 5.92 Å². The predicted octanol–water partition coefficient (Wildman–Crippen LogP) is 2.29. The van der Waals surface area contributed by atoms with Crippen molar-refractivity contribution in [3.63, 3.8) is 0 Å². The van der Waals surface area contributed by atoms with Crippen LogP contribution in [0.2, 0.25) is 0 Å². The third kappa shape index (κ3) is 4.67. The molecule has 1 unspecified atom stereocenters. The maximum Gasteiger partial charge on any atom is 0.234 e. The van der Waals surface area contributed by atoms with Crippen LogP contribution in [0.1, 0.15) is 38.2 Å². The zero-order valence-electron chi connectivity index (χ0n) is 11.9. The van der Waals surface area contributed by atoms with E-state index in [9.17, 15) is 4.79 Å². The van der Waals surface area contributed by atoms with E-state index in [0.29, 0.717) is 24.4 Å². The van der Waals surface area contributed by atoms with E-state index < -0.39 is 0 Å². The molecule has 2 N–H and O–H groups in total. The summed E-state index contributed by atoms with van der Waals surface area (Å²) in [6, 6.07) is 11.0. The lowest BCUT2D eigenvalue weighted by Gasteiger charge is -2.21. The highest BCUT2D eigenvalue weighted by Gasteiger charge is 2.23. The number of carbonyl (C=O) groups excluding carboxylic acids is 1. The van der Waals surface area contributed by atoms with Crippen molar-refractivity contribution in [3.05, 3.63) is 35.9 Å². The van der Waals surface area contributed by atoms with E-state index in [0.717, 1.165) is 19.4 Å². The molecular formula is C16H24N2O. The van der Waals surface area contributed by atoms with Crippen LogP contribution in [-0.2, 0) is 4.79 Å². The van der Waals surface area contributed by atoms with E-state index in [1.54, 1.807) is 0 Å². The molecule has 0 heterocycles. The average Bonchev–Trinajstić information content (AvgIpc) is 3.19. The standard InChI is InChI=1S/C16H24N2O/c1-12(2)15(13-6-4-3-5-7-13)10-17-11-16(19)18-14-8-9-14/h3-7,12,14-15,17H,8-11H2,1-2H3,(H,18,19). The molecule has 0 spiro atoms. The van der Waals surface area contributed by atoms with E-state index in [1.165, 1.54) is 5.56 Å². The van der Waals surface area contributed by atoms with Crippen molar-refractivity contribution in [1.82, 2.24) is 10.6 Å². The van der Waals surface area contributed by atoms with E-state index >= 15 is 0 Å².